The number of benzene rings is 3. The number of ether oxygens (including phenoxy) is 2. The van der Waals surface area contributed by atoms with Crippen LogP contribution in [0.4, 0.5) is 5.69 Å². The molecule has 2 fully saturated rings. The van der Waals surface area contributed by atoms with Gasteiger partial charge in [-0.1, -0.05) is 30.3 Å². The predicted octanol–water partition coefficient (Wildman–Crippen LogP) is 5.11. The van der Waals surface area contributed by atoms with Crippen LogP contribution in [0.1, 0.15) is 46.3 Å². The first-order chi connectivity index (χ1) is 20.6. The number of rotatable bonds is 9. The number of hydrogen-bond donors (Lipinski definition) is 0. The Morgan fingerprint density at radius 2 is 1.70 bits per heavy atom. The normalized spacial score (nSPS) is 19.1. The highest BCUT2D eigenvalue weighted by Gasteiger charge is 2.30. The molecule has 0 saturated carbocycles. The van der Waals surface area contributed by atoms with Gasteiger partial charge in [0.1, 0.15) is 22.5 Å². The van der Waals surface area contributed by atoms with E-state index in [9.17, 15) is 13.2 Å². The van der Waals surface area contributed by atoms with Crippen molar-refractivity contribution < 1.29 is 22.7 Å². The third-order valence-electron chi connectivity index (χ3n) is 8.66. The van der Waals surface area contributed by atoms with E-state index in [0.29, 0.717) is 42.6 Å². The minimum Gasteiger partial charge on any atom is -0.495 e. The number of anilines is 1. The minimum atomic E-state index is -3.72. The molecule has 230 valence electrons. The Hall–Kier alpha value is -3.56. The summed E-state index contributed by atoms with van der Waals surface area (Å²) in [6.45, 7) is 6.78. The molecule has 0 aromatic heterocycles. The maximum Gasteiger partial charge on any atom is 0.254 e. The molecule has 2 heterocycles. The van der Waals surface area contributed by atoms with Crippen molar-refractivity contribution in [2.24, 2.45) is 0 Å². The van der Waals surface area contributed by atoms with E-state index in [1.54, 1.807) is 24.3 Å². The van der Waals surface area contributed by atoms with E-state index in [4.69, 9.17) is 9.47 Å². The molecule has 2 saturated heterocycles. The monoisotopic (exact) mass is 605 g/mol. The Morgan fingerprint density at radius 3 is 2.42 bits per heavy atom. The van der Waals surface area contributed by atoms with Crippen LogP contribution in [0, 0.1) is 13.8 Å². The van der Waals surface area contributed by atoms with Crippen LogP contribution in [0.25, 0.3) is 0 Å². The summed E-state index contributed by atoms with van der Waals surface area (Å²) in [5, 5.41) is 0. The first kappa shape index (κ1) is 30.9. The zero-order valence-corrected chi connectivity index (χ0v) is 26.7. The van der Waals surface area contributed by atoms with Gasteiger partial charge in [-0.3, -0.25) is 4.79 Å². The van der Waals surface area contributed by atoms with Crippen LogP contribution in [0.2, 0.25) is 0 Å². The van der Waals surface area contributed by atoms with E-state index in [-0.39, 0.29) is 22.7 Å². The van der Waals surface area contributed by atoms with Crippen molar-refractivity contribution in [2.45, 2.75) is 55.9 Å². The van der Waals surface area contributed by atoms with E-state index in [1.807, 2.05) is 55.1 Å². The molecule has 3 aromatic carbocycles. The number of likely N-dealkylation sites (N-methyl/N-ethyl adjacent to an activating group) is 1. The van der Waals surface area contributed by atoms with Crippen LogP contribution < -0.4 is 14.4 Å². The molecular formula is C34H43N3O5S. The average Bonchev–Trinajstić information content (AvgIpc) is 3.45. The molecule has 2 atom stereocenters. The smallest absolute Gasteiger partial charge is 0.254 e. The fourth-order valence-corrected chi connectivity index (χ4v) is 7.76. The molecule has 5 rings (SSSR count). The third-order valence-corrected chi connectivity index (χ3v) is 10.4. The summed E-state index contributed by atoms with van der Waals surface area (Å²) in [4.78, 5) is 19.8. The Labute approximate surface area is 256 Å². The number of sulfone groups is 1. The summed E-state index contributed by atoms with van der Waals surface area (Å²) in [6, 6.07) is 19.0. The molecule has 2 aliphatic rings. The van der Waals surface area contributed by atoms with Crippen molar-refractivity contribution in [3.05, 3.63) is 82.9 Å². The highest BCUT2D eigenvalue weighted by atomic mass is 32.2. The minimum absolute atomic E-state index is 0.0273. The summed E-state index contributed by atoms with van der Waals surface area (Å²) >= 11 is 0. The lowest BCUT2D eigenvalue weighted by molar-refractivity contribution is 0.0771. The number of nitrogens with zero attached hydrogens (tertiary/aromatic N) is 3. The molecule has 43 heavy (non-hydrogen) atoms. The zero-order chi connectivity index (χ0) is 30.7. The lowest BCUT2D eigenvalue weighted by Crippen LogP contribution is -2.45. The van der Waals surface area contributed by atoms with Crippen molar-refractivity contribution in [1.82, 2.24) is 9.80 Å². The van der Waals surface area contributed by atoms with Gasteiger partial charge < -0.3 is 24.2 Å². The van der Waals surface area contributed by atoms with Crippen molar-refractivity contribution in [2.75, 3.05) is 52.3 Å². The molecule has 9 heteroatoms. The second-order valence-electron chi connectivity index (χ2n) is 12.0. The van der Waals surface area contributed by atoms with Crippen LogP contribution in [-0.2, 0) is 15.6 Å². The number of carbonyl (C=O) groups is 1. The number of hydrogen-bond acceptors (Lipinski definition) is 7. The van der Waals surface area contributed by atoms with Crippen LogP contribution in [0.3, 0.4) is 0 Å². The van der Waals surface area contributed by atoms with Crippen molar-refractivity contribution in [3.63, 3.8) is 0 Å². The second kappa shape index (κ2) is 13.0. The van der Waals surface area contributed by atoms with Crippen LogP contribution in [-0.4, -0.2) is 83.7 Å². The maximum atomic E-state index is 13.8. The van der Waals surface area contributed by atoms with Gasteiger partial charge in [-0.05, 0) is 87.8 Å². The molecule has 1 amide bonds. The molecule has 8 nitrogen and oxygen atoms in total. The molecule has 0 bridgehead atoms. The highest BCUT2D eigenvalue weighted by Crippen LogP contribution is 2.33. The van der Waals surface area contributed by atoms with Crippen LogP contribution in [0.15, 0.2) is 65.6 Å². The molecule has 0 radical (unpaired) electrons. The Morgan fingerprint density at radius 1 is 0.953 bits per heavy atom. The summed E-state index contributed by atoms with van der Waals surface area (Å²) in [5.74, 6) is 0.797. The van der Waals surface area contributed by atoms with Gasteiger partial charge in [0, 0.05) is 43.3 Å². The lowest BCUT2D eigenvalue weighted by atomic mass is 10.0. The van der Waals surface area contributed by atoms with Crippen LogP contribution >= 0.6 is 0 Å². The molecule has 3 aromatic rings. The molecule has 0 spiro atoms. The van der Waals surface area contributed by atoms with Crippen molar-refractivity contribution in [1.29, 1.82) is 0 Å². The summed E-state index contributed by atoms with van der Waals surface area (Å²) < 4.78 is 39.3. The van der Waals surface area contributed by atoms with E-state index < -0.39 is 9.84 Å². The summed E-state index contributed by atoms with van der Waals surface area (Å²) in [5.41, 5.74) is 4.23. The molecule has 2 aliphatic heterocycles. The van der Waals surface area contributed by atoms with Gasteiger partial charge in [-0.25, -0.2) is 8.42 Å². The molecule has 0 N–H and O–H groups in total. The highest BCUT2D eigenvalue weighted by molar-refractivity contribution is 7.90. The van der Waals surface area contributed by atoms with Gasteiger partial charge in [0.05, 0.1) is 19.4 Å². The quantitative estimate of drug-likeness (QED) is 0.336. The Balaban J connectivity index is 1.28. The van der Waals surface area contributed by atoms with Crippen molar-refractivity contribution >= 4 is 21.4 Å². The Bertz CT molecular complexity index is 1550. The fraction of sp³-hybridized carbons (Fsp3) is 0.441. The van der Waals surface area contributed by atoms with Gasteiger partial charge in [0.2, 0.25) is 0 Å². The topological polar surface area (TPSA) is 79.4 Å². The second-order valence-corrected chi connectivity index (χ2v) is 14.0. The number of amides is 1. The van der Waals surface area contributed by atoms with Gasteiger partial charge >= 0.3 is 0 Å². The number of methoxy groups -OCH3 is 1. The Kier molecular flexibility index (Phi) is 9.32. The molecular weight excluding hydrogens is 562 g/mol. The first-order valence-electron chi connectivity index (χ1n) is 15.0. The van der Waals surface area contributed by atoms with Crippen LogP contribution in [0.5, 0.6) is 11.5 Å². The zero-order valence-electron chi connectivity index (χ0n) is 25.9. The van der Waals surface area contributed by atoms with E-state index in [1.165, 1.54) is 7.11 Å². The lowest BCUT2D eigenvalue weighted by Gasteiger charge is -2.37. The van der Waals surface area contributed by atoms with E-state index in [0.717, 1.165) is 48.3 Å². The number of aryl methyl sites for hydroxylation is 2. The largest absolute Gasteiger partial charge is 0.495 e. The number of carbonyl (C=O) groups excluding carboxylic acids is 1. The van der Waals surface area contributed by atoms with Gasteiger partial charge in [-0.15, -0.1) is 0 Å². The maximum absolute atomic E-state index is 13.8. The van der Waals surface area contributed by atoms with Gasteiger partial charge in [0.15, 0.2) is 9.84 Å². The SMILES string of the molecule is COc1ccc(N2CCCC(N(C)C)C2)cc1S(=O)(=O)Cc1cccc(O[C@H]2CCN(C(=O)c3c(C)cccc3C)C2)c1. The summed E-state index contributed by atoms with van der Waals surface area (Å²) in [7, 11) is 1.96. The third kappa shape index (κ3) is 6.99. The summed E-state index contributed by atoms with van der Waals surface area (Å²) in [6.07, 6.45) is 2.74. The average molecular weight is 606 g/mol. The molecule has 0 aliphatic carbocycles. The van der Waals surface area contributed by atoms with Gasteiger partial charge in [-0.2, -0.15) is 0 Å². The van der Waals surface area contributed by atoms with Crippen molar-refractivity contribution in [3.8, 4) is 11.5 Å². The predicted molar refractivity (Wildman–Crippen MR) is 170 cm³/mol. The standard InChI is InChI=1S/C34H43N3O5S/c1-24-9-6-10-25(2)33(24)34(38)37-18-16-30(22-37)42-29-13-7-11-26(19-29)23-43(39,40)32-20-27(14-15-31(32)41-5)36-17-8-12-28(21-36)35(3)4/h6-7,9-11,13-15,19-20,28,30H,8,12,16-18,21-23H2,1-5H3/t28?,30-/m0/s1. The number of piperidine rings is 1. The van der Waals surface area contributed by atoms with Gasteiger partial charge in [0.25, 0.3) is 5.91 Å². The fourth-order valence-electron chi connectivity index (χ4n) is 6.23. The number of likely N-dealkylation sites (tertiary alicyclic amines) is 1. The first-order valence-corrected chi connectivity index (χ1v) is 16.6. The van der Waals surface area contributed by atoms with E-state index >= 15 is 0 Å². The van der Waals surface area contributed by atoms with E-state index in [2.05, 4.69) is 23.9 Å². The molecule has 1 unspecified atom stereocenters.